The quantitative estimate of drug-likeness (QED) is 0.718. The Morgan fingerprint density at radius 3 is 2.69 bits per heavy atom. The van der Waals surface area contributed by atoms with Crippen molar-refractivity contribution in [2.24, 2.45) is 0 Å². The van der Waals surface area contributed by atoms with Crippen LogP contribution in [0.3, 0.4) is 0 Å². The van der Waals surface area contributed by atoms with Gasteiger partial charge in [0.15, 0.2) is 5.82 Å². The van der Waals surface area contributed by atoms with Crippen LogP contribution in [0.2, 0.25) is 5.02 Å². The van der Waals surface area contributed by atoms with E-state index < -0.39 is 10.0 Å². The third kappa shape index (κ3) is 2.71. The molecule has 2 aromatic carbocycles. The van der Waals surface area contributed by atoms with Crippen molar-refractivity contribution in [2.45, 2.75) is 24.9 Å². The molecule has 0 saturated carbocycles. The Labute approximate surface area is 155 Å². The summed E-state index contributed by atoms with van der Waals surface area (Å²) in [5.41, 5.74) is 1.42. The van der Waals surface area contributed by atoms with Crippen LogP contribution in [0.15, 0.2) is 41.3 Å². The smallest absolute Gasteiger partial charge is 0.263 e. The van der Waals surface area contributed by atoms with Crippen molar-refractivity contribution in [1.82, 2.24) is 15.1 Å². The molecule has 0 spiro atoms. The van der Waals surface area contributed by atoms with Crippen molar-refractivity contribution in [3.05, 3.63) is 52.7 Å². The van der Waals surface area contributed by atoms with Gasteiger partial charge in [0.2, 0.25) is 5.91 Å². The van der Waals surface area contributed by atoms with Crippen LogP contribution in [0.5, 0.6) is 0 Å². The minimum Gasteiger partial charge on any atom is -0.333 e. The van der Waals surface area contributed by atoms with E-state index in [-0.39, 0.29) is 16.6 Å². The zero-order chi connectivity index (χ0) is 18.5. The number of H-pyrrole nitrogens is 1. The Hall–Kier alpha value is -2.58. The van der Waals surface area contributed by atoms with E-state index in [1.165, 1.54) is 13.0 Å². The standard InChI is InChI=1S/C17H15ClN4O3S/c1-10(23)22-8-13-15(9-22)19-20-17(13)21-26(24,25)16-7-3-4-11-12(16)5-2-6-14(11)18/h2-7H,8-9H2,1H3,(H2,19,20,21). The molecule has 0 radical (unpaired) electrons. The molecule has 0 atom stereocenters. The third-order valence-corrected chi connectivity index (χ3v) is 6.17. The average molecular weight is 391 g/mol. The van der Waals surface area contributed by atoms with Gasteiger partial charge in [0.05, 0.1) is 23.7 Å². The van der Waals surface area contributed by atoms with E-state index in [2.05, 4.69) is 14.9 Å². The molecule has 4 rings (SSSR count). The first kappa shape index (κ1) is 16.9. The van der Waals surface area contributed by atoms with Crippen LogP contribution >= 0.6 is 11.6 Å². The minimum atomic E-state index is -3.88. The summed E-state index contributed by atoms with van der Waals surface area (Å²) in [6, 6.07) is 10.1. The number of carbonyl (C=O) groups is 1. The summed E-state index contributed by atoms with van der Waals surface area (Å²) in [5.74, 6) is 0.134. The maximum absolute atomic E-state index is 13.0. The summed E-state index contributed by atoms with van der Waals surface area (Å²) >= 11 is 6.17. The number of halogens is 1. The molecule has 134 valence electrons. The molecular weight excluding hydrogens is 376 g/mol. The van der Waals surface area contributed by atoms with E-state index >= 15 is 0 Å². The van der Waals surface area contributed by atoms with Gasteiger partial charge in [-0.05, 0) is 12.1 Å². The van der Waals surface area contributed by atoms with Gasteiger partial charge in [-0.1, -0.05) is 35.9 Å². The normalized spacial score (nSPS) is 13.8. The van der Waals surface area contributed by atoms with Gasteiger partial charge >= 0.3 is 0 Å². The first-order valence-electron chi connectivity index (χ1n) is 7.88. The molecule has 1 amide bonds. The van der Waals surface area contributed by atoms with Gasteiger partial charge < -0.3 is 4.90 Å². The molecule has 0 bridgehead atoms. The highest BCUT2D eigenvalue weighted by molar-refractivity contribution is 7.93. The van der Waals surface area contributed by atoms with Crippen LogP contribution < -0.4 is 4.72 Å². The zero-order valence-corrected chi connectivity index (χ0v) is 15.4. The van der Waals surface area contributed by atoms with E-state index in [4.69, 9.17) is 11.6 Å². The van der Waals surface area contributed by atoms with E-state index in [1.807, 2.05) is 0 Å². The number of amides is 1. The molecule has 0 saturated heterocycles. The van der Waals surface area contributed by atoms with Crippen LogP contribution in [-0.4, -0.2) is 29.4 Å². The molecule has 0 unspecified atom stereocenters. The van der Waals surface area contributed by atoms with Gasteiger partial charge in [-0.15, -0.1) is 0 Å². The molecule has 2 heterocycles. The van der Waals surface area contributed by atoms with Crippen LogP contribution in [-0.2, 0) is 27.9 Å². The van der Waals surface area contributed by atoms with Crippen molar-refractivity contribution < 1.29 is 13.2 Å². The van der Waals surface area contributed by atoms with Gasteiger partial charge in [-0.3, -0.25) is 14.6 Å². The van der Waals surface area contributed by atoms with E-state index in [1.54, 1.807) is 35.2 Å². The zero-order valence-electron chi connectivity index (χ0n) is 13.8. The second-order valence-electron chi connectivity index (χ2n) is 6.10. The monoisotopic (exact) mass is 390 g/mol. The van der Waals surface area contributed by atoms with Crippen LogP contribution in [0.4, 0.5) is 5.82 Å². The molecule has 26 heavy (non-hydrogen) atoms. The number of aromatic amines is 1. The topological polar surface area (TPSA) is 95.2 Å². The minimum absolute atomic E-state index is 0.0768. The first-order valence-corrected chi connectivity index (χ1v) is 9.74. The lowest BCUT2D eigenvalue weighted by atomic mass is 10.1. The Morgan fingerprint density at radius 1 is 1.19 bits per heavy atom. The third-order valence-electron chi connectivity index (χ3n) is 4.45. The number of rotatable bonds is 3. The fraction of sp³-hybridized carbons (Fsp3) is 0.176. The van der Waals surface area contributed by atoms with Crippen molar-refractivity contribution >= 4 is 44.1 Å². The summed E-state index contributed by atoms with van der Waals surface area (Å²) < 4.78 is 28.4. The molecule has 3 aromatic rings. The van der Waals surface area contributed by atoms with Crippen LogP contribution in [0, 0.1) is 0 Å². The van der Waals surface area contributed by atoms with Crippen LogP contribution in [0.25, 0.3) is 10.8 Å². The highest BCUT2D eigenvalue weighted by Crippen LogP contribution is 2.32. The SMILES string of the molecule is CC(=O)N1Cc2[nH]nc(NS(=O)(=O)c3cccc4c(Cl)cccc34)c2C1. The molecule has 2 N–H and O–H groups in total. The number of benzene rings is 2. The van der Waals surface area contributed by atoms with E-state index in [0.717, 1.165) is 5.69 Å². The highest BCUT2D eigenvalue weighted by atomic mass is 35.5. The average Bonchev–Trinajstić information content (AvgIpc) is 3.17. The molecule has 1 aliphatic heterocycles. The Kier molecular flexibility index (Phi) is 3.89. The fourth-order valence-electron chi connectivity index (χ4n) is 3.11. The molecule has 7 nitrogen and oxygen atoms in total. The summed E-state index contributed by atoms with van der Waals surface area (Å²) in [6.07, 6.45) is 0. The Balaban J connectivity index is 1.73. The molecular formula is C17H15ClN4O3S. The van der Waals surface area contributed by atoms with Gasteiger partial charge in [-0.25, -0.2) is 8.42 Å². The van der Waals surface area contributed by atoms with E-state index in [0.29, 0.717) is 34.4 Å². The van der Waals surface area contributed by atoms with Crippen LogP contribution in [0.1, 0.15) is 18.2 Å². The summed E-state index contributed by atoms with van der Waals surface area (Å²) in [6.45, 7) is 2.19. The summed E-state index contributed by atoms with van der Waals surface area (Å²) in [5, 5.41) is 8.54. The lowest BCUT2D eigenvalue weighted by Crippen LogP contribution is -2.23. The number of sulfonamides is 1. The maximum atomic E-state index is 13.0. The predicted octanol–water partition coefficient (Wildman–Crippen LogP) is 2.88. The van der Waals surface area contributed by atoms with Gasteiger partial charge in [0, 0.05) is 28.3 Å². The predicted molar refractivity (Wildman–Crippen MR) is 98.3 cm³/mol. The number of aromatic nitrogens is 2. The van der Waals surface area contributed by atoms with E-state index in [9.17, 15) is 13.2 Å². The number of fused-ring (bicyclic) bond motifs is 2. The maximum Gasteiger partial charge on any atom is 0.263 e. The van der Waals surface area contributed by atoms with Crippen molar-refractivity contribution in [1.29, 1.82) is 0 Å². The number of hydrogen-bond acceptors (Lipinski definition) is 4. The molecule has 1 aromatic heterocycles. The van der Waals surface area contributed by atoms with Crippen molar-refractivity contribution in [2.75, 3.05) is 4.72 Å². The number of nitrogens with zero attached hydrogens (tertiary/aromatic N) is 2. The highest BCUT2D eigenvalue weighted by Gasteiger charge is 2.29. The van der Waals surface area contributed by atoms with Gasteiger partial charge in [0.25, 0.3) is 10.0 Å². The molecule has 0 fully saturated rings. The number of nitrogens with one attached hydrogen (secondary N) is 2. The second-order valence-corrected chi connectivity index (χ2v) is 8.16. The number of hydrogen-bond donors (Lipinski definition) is 2. The summed E-state index contributed by atoms with van der Waals surface area (Å²) in [7, 11) is -3.88. The molecule has 9 heteroatoms. The summed E-state index contributed by atoms with van der Waals surface area (Å²) in [4.78, 5) is 13.3. The number of carbonyl (C=O) groups excluding carboxylic acids is 1. The first-order chi connectivity index (χ1) is 12.4. The lowest BCUT2D eigenvalue weighted by molar-refractivity contribution is -0.129. The Morgan fingerprint density at radius 2 is 1.92 bits per heavy atom. The Bertz CT molecular complexity index is 1140. The fourth-order valence-corrected chi connectivity index (χ4v) is 4.60. The largest absolute Gasteiger partial charge is 0.333 e. The van der Waals surface area contributed by atoms with Gasteiger partial charge in [0.1, 0.15) is 0 Å². The lowest BCUT2D eigenvalue weighted by Gasteiger charge is -2.13. The second kappa shape index (κ2) is 6.00. The molecule has 0 aliphatic carbocycles. The van der Waals surface area contributed by atoms with Crippen molar-refractivity contribution in [3.8, 4) is 0 Å². The number of anilines is 1. The van der Waals surface area contributed by atoms with Gasteiger partial charge in [-0.2, -0.15) is 5.10 Å². The van der Waals surface area contributed by atoms with Crippen molar-refractivity contribution in [3.63, 3.8) is 0 Å². The molecule has 1 aliphatic rings.